The predicted molar refractivity (Wildman–Crippen MR) is 37.6 cm³/mol. The van der Waals surface area contributed by atoms with Crippen molar-refractivity contribution in [2.45, 2.75) is 12.8 Å². The molecule has 1 rings (SSSR count). The van der Waals surface area contributed by atoms with E-state index in [-0.39, 0.29) is 5.91 Å². The van der Waals surface area contributed by atoms with Crippen molar-refractivity contribution in [1.82, 2.24) is 5.32 Å². The summed E-state index contributed by atoms with van der Waals surface area (Å²) in [5, 5.41) is 2.78. The smallest absolute Gasteiger partial charge is 0.220 e. The number of nitrogens with one attached hydrogen (secondary N) is 1. The molecule has 1 N–H and O–H groups in total. The summed E-state index contributed by atoms with van der Waals surface area (Å²) in [5.74, 6) is 0.604. The molecule has 1 aliphatic rings. The third kappa shape index (κ3) is 1.99. The van der Waals surface area contributed by atoms with E-state index >= 15 is 0 Å². The van der Waals surface area contributed by atoms with Crippen LogP contribution >= 0.6 is 0 Å². The van der Waals surface area contributed by atoms with Crippen LogP contribution in [0.15, 0.2) is 0 Å². The predicted octanol–water partition coefficient (Wildman–Crippen LogP) is 0.159. The average Bonchev–Trinajstić information content (AvgIpc) is 1.88. The van der Waals surface area contributed by atoms with Crippen LogP contribution in [0, 0.1) is 5.92 Å². The molecule has 0 aliphatic carbocycles. The molecule has 3 heteroatoms. The van der Waals surface area contributed by atoms with Gasteiger partial charge in [-0.2, -0.15) is 0 Å². The second-order valence-corrected chi connectivity index (χ2v) is 2.66. The standard InChI is InChI=1S/C7H13NO2/c1-10-5-6-2-3-8-7(9)4-6/h6H,2-5H2,1H3,(H,8,9)/t6-/m0/s1. The zero-order valence-corrected chi connectivity index (χ0v) is 6.22. The van der Waals surface area contributed by atoms with E-state index in [1.807, 2.05) is 0 Å². The zero-order valence-electron chi connectivity index (χ0n) is 6.22. The molecule has 1 aliphatic heterocycles. The first-order chi connectivity index (χ1) is 4.83. The van der Waals surface area contributed by atoms with E-state index < -0.39 is 0 Å². The van der Waals surface area contributed by atoms with Crippen molar-refractivity contribution < 1.29 is 9.53 Å². The van der Waals surface area contributed by atoms with E-state index in [2.05, 4.69) is 5.32 Å². The normalized spacial score (nSPS) is 26.1. The van der Waals surface area contributed by atoms with Gasteiger partial charge in [-0.05, 0) is 12.3 Å². The highest BCUT2D eigenvalue weighted by Crippen LogP contribution is 2.11. The number of ether oxygens (including phenoxy) is 1. The summed E-state index contributed by atoms with van der Waals surface area (Å²) in [6.07, 6.45) is 1.69. The minimum absolute atomic E-state index is 0.160. The van der Waals surface area contributed by atoms with Crippen LogP contribution in [0.3, 0.4) is 0 Å². The van der Waals surface area contributed by atoms with Gasteiger partial charge in [0.25, 0.3) is 0 Å². The van der Waals surface area contributed by atoms with Gasteiger partial charge in [0, 0.05) is 26.7 Å². The van der Waals surface area contributed by atoms with Gasteiger partial charge in [-0.1, -0.05) is 0 Å². The lowest BCUT2D eigenvalue weighted by atomic mass is 9.99. The number of hydrogen-bond donors (Lipinski definition) is 1. The van der Waals surface area contributed by atoms with Crippen molar-refractivity contribution in [3.63, 3.8) is 0 Å². The van der Waals surface area contributed by atoms with E-state index in [0.29, 0.717) is 18.9 Å². The second kappa shape index (κ2) is 3.56. The fourth-order valence-electron chi connectivity index (χ4n) is 1.23. The minimum atomic E-state index is 0.160. The SMILES string of the molecule is COC[C@H]1CCNC(=O)C1. The molecular formula is C7H13NO2. The van der Waals surface area contributed by atoms with Crippen LogP contribution in [0.4, 0.5) is 0 Å². The van der Waals surface area contributed by atoms with Gasteiger partial charge in [0.2, 0.25) is 5.91 Å². The largest absolute Gasteiger partial charge is 0.384 e. The molecule has 1 atom stereocenters. The van der Waals surface area contributed by atoms with E-state index in [1.54, 1.807) is 7.11 Å². The molecule has 0 aromatic carbocycles. The van der Waals surface area contributed by atoms with Crippen LogP contribution < -0.4 is 5.32 Å². The van der Waals surface area contributed by atoms with Gasteiger partial charge in [0.05, 0.1) is 0 Å². The van der Waals surface area contributed by atoms with Gasteiger partial charge >= 0.3 is 0 Å². The van der Waals surface area contributed by atoms with Crippen molar-refractivity contribution in [3.05, 3.63) is 0 Å². The quantitative estimate of drug-likeness (QED) is 0.598. The maximum absolute atomic E-state index is 10.8. The molecule has 3 nitrogen and oxygen atoms in total. The third-order valence-corrected chi connectivity index (χ3v) is 1.75. The Kier molecular flexibility index (Phi) is 2.68. The molecule has 0 saturated carbocycles. The fourth-order valence-corrected chi connectivity index (χ4v) is 1.23. The number of carbonyl (C=O) groups excluding carboxylic acids is 1. The van der Waals surface area contributed by atoms with Gasteiger partial charge in [0.1, 0.15) is 0 Å². The van der Waals surface area contributed by atoms with Crippen LogP contribution in [0.5, 0.6) is 0 Å². The lowest BCUT2D eigenvalue weighted by Gasteiger charge is -2.20. The zero-order chi connectivity index (χ0) is 7.40. The molecule has 1 amide bonds. The molecule has 1 fully saturated rings. The summed E-state index contributed by atoms with van der Waals surface area (Å²) in [6.45, 7) is 1.53. The molecule has 0 spiro atoms. The van der Waals surface area contributed by atoms with E-state index in [0.717, 1.165) is 13.0 Å². The first-order valence-electron chi connectivity index (χ1n) is 3.58. The average molecular weight is 143 g/mol. The Bertz CT molecular complexity index is 123. The highest BCUT2D eigenvalue weighted by Gasteiger charge is 2.17. The lowest BCUT2D eigenvalue weighted by molar-refractivity contribution is -0.124. The first kappa shape index (κ1) is 7.54. The monoisotopic (exact) mass is 143 g/mol. The van der Waals surface area contributed by atoms with Gasteiger partial charge < -0.3 is 10.1 Å². The summed E-state index contributed by atoms with van der Waals surface area (Å²) < 4.78 is 4.95. The summed E-state index contributed by atoms with van der Waals surface area (Å²) in [7, 11) is 1.67. The van der Waals surface area contributed by atoms with Crippen LogP contribution in [0.2, 0.25) is 0 Å². The number of rotatable bonds is 2. The van der Waals surface area contributed by atoms with Crippen LogP contribution in [0.25, 0.3) is 0 Å². The summed E-state index contributed by atoms with van der Waals surface area (Å²) in [6, 6.07) is 0. The number of methoxy groups -OCH3 is 1. The Hall–Kier alpha value is -0.570. The van der Waals surface area contributed by atoms with Crippen molar-refractivity contribution >= 4 is 5.91 Å². The Balaban J connectivity index is 2.25. The minimum Gasteiger partial charge on any atom is -0.384 e. The van der Waals surface area contributed by atoms with E-state index in [9.17, 15) is 4.79 Å². The van der Waals surface area contributed by atoms with Crippen molar-refractivity contribution in [3.8, 4) is 0 Å². The van der Waals surface area contributed by atoms with Gasteiger partial charge in [-0.3, -0.25) is 4.79 Å². The molecule has 1 heterocycles. The second-order valence-electron chi connectivity index (χ2n) is 2.66. The number of carbonyl (C=O) groups is 1. The summed E-state index contributed by atoms with van der Waals surface area (Å²) in [5.41, 5.74) is 0. The summed E-state index contributed by atoms with van der Waals surface area (Å²) in [4.78, 5) is 10.8. The molecule has 0 aromatic heterocycles. The molecule has 0 unspecified atom stereocenters. The Morgan fingerprint density at radius 2 is 2.60 bits per heavy atom. The van der Waals surface area contributed by atoms with Crippen molar-refractivity contribution in [1.29, 1.82) is 0 Å². The molecule has 0 bridgehead atoms. The number of piperidine rings is 1. The fraction of sp³-hybridized carbons (Fsp3) is 0.857. The third-order valence-electron chi connectivity index (χ3n) is 1.75. The molecular weight excluding hydrogens is 130 g/mol. The Labute approximate surface area is 60.7 Å². The summed E-state index contributed by atoms with van der Waals surface area (Å²) >= 11 is 0. The first-order valence-corrected chi connectivity index (χ1v) is 3.58. The molecule has 0 radical (unpaired) electrons. The maximum Gasteiger partial charge on any atom is 0.220 e. The van der Waals surface area contributed by atoms with Crippen molar-refractivity contribution in [2.24, 2.45) is 5.92 Å². The van der Waals surface area contributed by atoms with Gasteiger partial charge in [0.15, 0.2) is 0 Å². The molecule has 10 heavy (non-hydrogen) atoms. The van der Waals surface area contributed by atoms with Crippen LogP contribution in [0.1, 0.15) is 12.8 Å². The van der Waals surface area contributed by atoms with Gasteiger partial charge in [-0.15, -0.1) is 0 Å². The Morgan fingerprint density at radius 3 is 3.20 bits per heavy atom. The molecule has 0 aromatic rings. The van der Waals surface area contributed by atoms with E-state index in [1.165, 1.54) is 0 Å². The molecule has 1 saturated heterocycles. The number of hydrogen-bond acceptors (Lipinski definition) is 2. The highest BCUT2D eigenvalue weighted by molar-refractivity contribution is 5.76. The number of amides is 1. The van der Waals surface area contributed by atoms with Crippen molar-refractivity contribution in [2.75, 3.05) is 20.3 Å². The van der Waals surface area contributed by atoms with Crippen LogP contribution in [-0.4, -0.2) is 26.2 Å². The Morgan fingerprint density at radius 1 is 1.80 bits per heavy atom. The maximum atomic E-state index is 10.8. The van der Waals surface area contributed by atoms with Gasteiger partial charge in [-0.25, -0.2) is 0 Å². The topological polar surface area (TPSA) is 38.3 Å². The highest BCUT2D eigenvalue weighted by atomic mass is 16.5. The lowest BCUT2D eigenvalue weighted by Crippen LogP contribution is -2.34. The molecule has 58 valence electrons. The van der Waals surface area contributed by atoms with Crippen LogP contribution in [-0.2, 0) is 9.53 Å². The van der Waals surface area contributed by atoms with E-state index in [4.69, 9.17) is 4.74 Å².